The quantitative estimate of drug-likeness (QED) is 0.435. The summed E-state index contributed by atoms with van der Waals surface area (Å²) < 4.78 is 6.28. The number of imide groups is 1. The molecule has 34 heavy (non-hydrogen) atoms. The number of nitrogens with zero attached hydrogens (tertiary/aromatic N) is 1. The first kappa shape index (κ1) is 20.7. The molecule has 2 saturated heterocycles. The molecule has 2 aliphatic heterocycles. The minimum atomic E-state index is -2.05. The zero-order valence-electron chi connectivity index (χ0n) is 18.6. The van der Waals surface area contributed by atoms with Crippen molar-refractivity contribution in [3.8, 4) is 0 Å². The van der Waals surface area contributed by atoms with Gasteiger partial charge in [0.15, 0.2) is 0 Å². The molecule has 3 aliphatic rings. The van der Waals surface area contributed by atoms with Crippen molar-refractivity contribution in [3.63, 3.8) is 0 Å². The van der Waals surface area contributed by atoms with Gasteiger partial charge < -0.3 is 4.74 Å². The molecule has 1 aliphatic carbocycles. The van der Waals surface area contributed by atoms with E-state index in [1.165, 1.54) is 0 Å². The highest BCUT2D eigenvalue weighted by atomic mass is 16.5. The molecule has 3 aromatic carbocycles. The van der Waals surface area contributed by atoms with Crippen molar-refractivity contribution < 1.29 is 23.9 Å². The number of aryl methyl sites for hydroxylation is 2. The summed E-state index contributed by atoms with van der Waals surface area (Å²) in [4.78, 5) is 56.3. The van der Waals surface area contributed by atoms with Gasteiger partial charge in [0.2, 0.25) is 29.0 Å². The maximum absolute atomic E-state index is 13.9. The zero-order chi connectivity index (χ0) is 23.8. The number of hydrogen-bond acceptors (Lipinski definition) is 5. The van der Waals surface area contributed by atoms with Gasteiger partial charge in [0, 0.05) is 11.1 Å². The van der Waals surface area contributed by atoms with E-state index in [0.29, 0.717) is 11.3 Å². The van der Waals surface area contributed by atoms with Crippen LogP contribution in [-0.4, -0.2) is 29.0 Å². The standard InChI is InChI=1S/C28H21NO5/c1-15-12-16(2)14-18(13-15)29-26(32)21-22(27(29)33)28(34-23(21)17-8-4-3-5-9-17)24(30)19-10-6-7-11-20(19)25(28)31/h3-14,21-23H,1-2H3/t21-,22-,23-/m0/s1. The van der Waals surface area contributed by atoms with E-state index in [1.54, 1.807) is 60.7 Å². The molecule has 0 saturated carbocycles. The van der Waals surface area contributed by atoms with Crippen molar-refractivity contribution in [1.29, 1.82) is 0 Å². The van der Waals surface area contributed by atoms with Crippen LogP contribution in [0.4, 0.5) is 5.69 Å². The third-order valence-electron chi connectivity index (χ3n) is 7.11. The van der Waals surface area contributed by atoms with Crippen LogP contribution < -0.4 is 4.90 Å². The minimum absolute atomic E-state index is 0.227. The van der Waals surface area contributed by atoms with E-state index in [0.717, 1.165) is 16.0 Å². The van der Waals surface area contributed by atoms with E-state index in [9.17, 15) is 19.2 Å². The Balaban J connectivity index is 1.56. The molecule has 1 spiro atoms. The molecular formula is C28H21NO5. The first-order valence-corrected chi connectivity index (χ1v) is 11.2. The maximum atomic E-state index is 13.9. The number of hydrogen-bond donors (Lipinski definition) is 0. The summed E-state index contributed by atoms with van der Waals surface area (Å²) in [5, 5.41) is 0. The summed E-state index contributed by atoms with van der Waals surface area (Å²) in [5.74, 6) is -4.36. The lowest BCUT2D eigenvalue weighted by molar-refractivity contribution is -0.127. The monoisotopic (exact) mass is 451 g/mol. The van der Waals surface area contributed by atoms with E-state index < -0.39 is 46.9 Å². The second kappa shape index (κ2) is 7.05. The minimum Gasteiger partial charge on any atom is -0.349 e. The second-order valence-corrected chi connectivity index (χ2v) is 9.25. The predicted octanol–water partition coefficient (Wildman–Crippen LogP) is 4.00. The van der Waals surface area contributed by atoms with E-state index in [4.69, 9.17) is 4.74 Å². The van der Waals surface area contributed by atoms with Crippen LogP contribution in [0.1, 0.15) is 43.5 Å². The predicted molar refractivity (Wildman–Crippen MR) is 123 cm³/mol. The Labute approximate surface area is 196 Å². The van der Waals surface area contributed by atoms with Crippen LogP contribution in [0.2, 0.25) is 0 Å². The van der Waals surface area contributed by atoms with Gasteiger partial charge in [-0.05, 0) is 42.7 Å². The average molecular weight is 451 g/mol. The molecule has 6 rings (SSSR count). The Kier molecular flexibility index (Phi) is 4.29. The van der Waals surface area contributed by atoms with Gasteiger partial charge in [0.05, 0.1) is 23.6 Å². The van der Waals surface area contributed by atoms with Crippen molar-refractivity contribution in [2.75, 3.05) is 4.90 Å². The van der Waals surface area contributed by atoms with E-state index in [1.807, 2.05) is 26.0 Å². The number of anilines is 1. The summed E-state index contributed by atoms with van der Waals surface area (Å²) in [7, 11) is 0. The summed E-state index contributed by atoms with van der Waals surface area (Å²) in [6.07, 6.45) is -0.902. The van der Waals surface area contributed by atoms with Crippen molar-refractivity contribution in [3.05, 3.63) is 101 Å². The lowest BCUT2D eigenvalue weighted by atomic mass is 9.77. The second-order valence-electron chi connectivity index (χ2n) is 9.25. The van der Waals surface area contributed by atoms with Crippen LogP contribution in [0.5, 0.6) is 0 Å². The molecule has 0 aromatic heterocycles. The molecule has 3 aromatic rings. The van der Waals surface area contributed by atoms with Gasteiger partial charge in [0.1, 0.15) is 0 Å². The molecule has 0 N–H and O–H groups in total. The average Bonchev–Trinajstić information content (AvgIpc) is 3.39. The number of carbonyl (C=O) groups excluding carboxylic acids is 4. The topological polar surface area (TPSA) is 80.8 Å². The van der Waals surface area contributed by atoms with Gasteiger partial charge in [-0.25, -0.2) is 4.90 Å². The SMILES string of the molecule is Cc1cc(C)cc(N2C(=O)[C@H]3[C@@H](C2=O)C2(O[C@H]3c3ccccc3)C(=O)c3ccccc3C2=O)c1. The fraction of sp³-hybridized carbons (Fsp3) is 0.214. The Morgan fingerprint density at radius 2 is 1.29 bits per heavy atom. The number of benzene rings is 3. The lowest BCUT2D eigenvalue weighted by Gasteiger charge is -2.27. The third-order valence-corrected chi connectivity index (χ3v) is 7.11. The molecule has 0 unspecified atom stereocenters. The summed E-state index contributed by atoms with van der Waals surface area (Å²) in [6, 6.07) is 21.0. The molecule has 2 amide bonds. The number of ketones is 2. The van der Waals surface area contributed by atoms with Crippen LogP contribution in [0, 0.1) is 25.7 Å². The summed E-state index contributed by atoms with van der Waals surface area (Å²) >= 11 is 0. The van der Waals surface area contributed by atoms with Gasteiger partial charge in [-0.1, -0.05) is 60.7 Å². The number of amides is 2. The normalized spacial score (nSPS) is 24.8. The van der Waals surface area contributed by atoms with Crippen molar-refractivity contribution in [2.45, 2.75) is 25.6 Å². The maximum Gasteiger partial charge on any atom is 0.241 e. The van der Waals surface area contributed by atoms with Gasteiger partial charge in [-0.15, -0.1) is 0 Å². The smallest absolute Gasteiger partial charge is 0.241 e. The molecule has 6 nitrogen and oxygen atoms in total. The molecule has 2 fully saturated rings. The van der Waals surface area contributed by atoms with E-state index >= 15 is 0 Å². The number of rotatable bonds is 2. The third kappa shape index (κ3) is 2.54. The Bertz CT molecular complexity index is 1350. The number of carbonyl (C=O) groups is 4. The van der Waals surface area contributed by atoms with Crippen molar-refractivity contribution in [2.24, 2.45) is 11.8 Å². The van der Waals surface area contributed by atoms with Crippen LogP contribution in [0.15, 0.2) is 72.8 Å². The molecule has 0 bridgehead atoms. The first-order valence-electron chi connectivity index (χ1n) is 11.2. The fourth-order valence-electron chi connectivity index (χ4n) is 5.80. The Morgan fingerprint density at radius 3 is 1.88 bits per heavy atom. The van der Waals surface area contributed by atoms with Crippen molar-refractivity contribution >= 4 is 29.1 Å². The fourth-order valence-corrected chi connectivity index (χ4v) is 5.80. The Morgan fingerprint density at radius 1 is 0.735 bits per heavy atom. The molecule has 2 heterocycles. The van der Waals surface area contributed by atoms with Crippen LogP contribution in [-0.2, 0) is 14.3 Å². The summed E-state index contributed by atoms with van der Waals surface area (Å²) in [5.41, 5.74) is 1.30. The molecular weight excluding hydrogens is 430 g/mol. The lowest BCUT2D eigenvalue weighted by Crippen LogP contribution is -2.51. The number of fused-ring (bicyclic) bond motifs is 3. The number of Topliss-reactive ketones (excluding diaryl/α,β-unsaturated/α-hetero) is 2. The number of ether oxygens (including phenoxy) is 1. The van der Waals surface area contributed by atoms with E-state index in [2.05, 4.69) is 0 Å². The Hall–Kier alpha value is -3.90. The van der Waals surface area contributed by atoms with Gasteiger partial charge in [-0.2, -0.15) is 0 Å². The van der Waals surface area contributed by atoms with Crippen LogP contribution in [0.25, 0.3) is 0 Å². The van der Waals surface area contributed by atoms with Crippen molar-refractivity contribution in [1.82, 2.24) is 0 Å². The highest BCUT2D eigenvalue weighted by Gasteiger charge is 2.74. The highest BCUT2D eigenvalue weighted by Crippen LogP contribution is 2.57. The molecule has 168 valence electrons. The molecule has 3 atom stereocenters. The zero-order valence-corrected chi connectivity index (χ0v) is 18.6. The summed E-state index contributed by atoms with van der Waals surface area (Å²) in [6.45, 7) is 3.78. The van der Waals surface area contributed by atoms with Crippen LogP contribution >= 0.6 is 0 Å². The highest BCUT2D eigenvalue weighted by molar-refractivity contribution is 6.37. The molecule has 6 heteroatoms. The van der Waals surface area contributed by atoms with Crippen LogP contribution in [0.3, 0.4) is 0 Å². The van der Waals surface area contributed by atoms with Gasteiger partial charge in [-0.3, -0.25) is 19.2 Å². The first-order chi connectivity index (χ1) is 16.3. The largest absolute Gasteiger partial charge is 0.349 e. The van der Waals surface area contributed by atoms with Gasteiger partial charge in [0.25, 0.3) is 0 Å². The van der Waals surface area contributed by atoms with Gasteiger partial charge >= 0.3 is 0 Å². The van der Waals surface area contributed by atoms with E-state index in [-0.39, 0.29) is 11.1 Å². The molecule has 0 radical (unpaired) electrons.